The number of aliphatic hydroxyl groups excluding tert-OH is 2. The summed E-state index contributed by atoms with van der Waals surface area (Å²) >= 11 is 0. The molecule has 0 aliphatic heterocycles. The number of esters is 1. The molecular formula is C22H34O5. The van der Waals surface area contributed by atoms with Crippen LogP contribution < -0.4 is 0 Å². The standard InChI is InChI=1S/C22H34O5/c1-6-20(4)11-16(27-17(25)12-23)21(5)13(2)7-9-22(14(3)19(20)26)10-8-15(24)18(21)22/h6,13-14,16,18-19,23,26H,1,7-12H2,2-5H3/t13?,14-,16+,18?,19-,20+,21?,22-/m0/s1. The lowest BCUT2D eigenvalue weighted by Gasteiger charge is -2.61. The summed E-state index contributed by atoms with van der Waals surface area (Å²) in [6, 6.07) is 0. The highest BCUT2D eigenvalue weighted by Gasteiger charge is 2.68. The second-order valence-electron chi connectivity index (χ2n) is 9.72. The highest BCUT2D eigenvalue weighted by Crippen LogP contribution is 2.67. The average Bonchev–Trinajstić information content (AvgIpc) is 3.00. The van der Waals surface area contributed by atoms with E-state index in [9.17, 15) is 19.8 Å². The van der Waals surface area contributed by atoms with Gasteiger partial charge in [0, 0.05) is 23.2 Å². The lowest BCUT2D eigenvalue weighted by atomic mass is 9.44. The van der Waals surface area contributed by atoms with Gasteiger partial charge in [0.2, 0.25) is 0 Å². The monoisotopic (exact) mass is 378 g/mol. The van der Waals surface area contributed by atoms with E-state index in [1.165, 1.54) is 0 Å². The van der Waals surface area contributed by atoms with Crippen LogP contribution in [0.1, 0.15) is 59.8 Å². The Hall–Kier alpha value is -1.20. The third-order valence-electron chi connectivity index (χ3n) is 8.70. The van der Waals surface area contributed by atoms with Crippen LogP contribution in [-0.2, 0) is 14.3 Å². The molecule has 0 amide bonds. The van der Waals surface area contributed by atoms with Gasteiger partial charge in [0.05, 0.1) is 6.10 Å². The van der Waals surface area contributed by atoms with E-state index in [2.05, 4.69) is 27.4 Å². The summed E-state index contributed by atoms with van der Waals surface area (Å²) in [6.07, 6.45) is 4.10. The van der Waals surface area contributed by atoms with Crippen molar-refractivity contribution in [2.24, 2.45) is 34.0 Å². The second kappa shape index (κ2) is 6.70. The summed E-state index contributed by atoms with van der Waals surface area (Å²) in [6.45, 7) is 11.5. The molecule has 27 heavy (non-hydrogen) atoms. The van der Waals surface area contributed by atoms with Crippen LogP contribution in [0, 0.1) is 34.0 Å². The molecule has 152 valence electrons. The molecule has 3 aliphatic rings. The van der Waals surface area contributed by atoms with E-state index >= 15 is 0 Å². The Labute approximate surface area is 162 Å². The molecule has 3 unspecified atom stereocenters. The Balaban J connectivity index is 2.21. The summed E-state index contributed by atoms with van der Waals surface area (Å²) < 4.78 is 5.77. The SMILES string of the molecule is C=C[C@]1(C)C[C@@H](OC(=O)CO)C2(C)C(C)CC[C@]3(CCC(=O)C23)[C@@H](C)[C@@H]1O. The lowest BCUT2D eigenvalue weighted by molar-refractivity contribution is -0.207. The number of rotatable bonds is 3. The van der Waals surface area contributed by atoms with E-state index in [0.29, 0.717) is 12.8 Å². The van der Waals surface area contributed by atoms with Gasteiger partial charge in [0.25, 0.3) is 0 Å². The molecule has 5 nitrogen and oxygen atoms in total. The van der Waals surface area contributed by atoms with Gasteiger partial charge in [-0.05, 0) is 42.9 Å². The van der Waals surface area contributed by atoms with Crippen LogP contribution in [0.4, 0.5) is 0 Å². The Morgan fingerprint density at radius 1 is 1.33 bits per heavy atom. The molecule has 2 bridgehead atoms. The summed E-state index contributed by atoms with van der Waals surface area (Å²) in [4.78, 5) is 25.2. The molecular weight excluding hydrogens is 344 g/mol. The number of carbonyl (C=O) groups is 2. The van der Waals surface area contributed by atoms with Crippen LogP contribution >= 0.6 is 0 Å². The van der Waals surface area contributed by atoms with E-state index in [0.717, 1.165) is 19.3 Å². The molecule has 0 aromatic rings. The molecule has 0 aromatic heterocycles. The third-order valence-corrected chi connectivity index (χ3v) is 8.70. The maximum absolute atomic E-state index is 13.1. The predicted molar refractivity (Wildman–Crippen MR) is 102 cm³/mol. The fraction of sp³-hybridized carbons (Fsp3) is 0.818. The van der Waals surface area contributed by atoms with Gasteiger partial charge in [-0.25, -0.2) is 4.79 Å². The van der Waals surface area contributed by atoms with Gasteiger partial charge in [-0.2, -0.15) is 0 Å². The molecule has 5 heteroatoms. The van der Waals surface area contributed by atoms with Crippen molar-refractivity contribution in [3.8, 4) is 0 Å². The summed E-state index contributed by atoms with van der Waals surface area (Å²) in [5.41, 5.74) is -1.43. The maximum atomic E-state index is 13.1. The highest BCUT2D eigenvalue weighted by atomic mass is 16.6. The highest BCUT2D eigenvalue weighted by molar-refractivity contribution is 5.85. The van der Waals surface area contributed by atoms with Crippen molar-refractivity contribution in [3.63, 3.8) is 0 Å². The van der Waals surface area contributed by atoms with Crippen molar-refractivity contribution >= 4 is 11.8 Å². The largest absolute Gasteiger partial charge is 0.460 e. The Kier molecular flexibility index (Phi) is 5.09. The first-order chi connectivity index (χ1) is 12.6. The minimum absolute atomic E-state index is 0.0433. The Morgan fingerprint density at radius 3 is 2.59 bits per heavy atom. The zero-order valence-electron chi connectivity index (χ0n) is 17.0. The van der Waals surface area contributed by atoms with Gasteiger partial charge in [-0.3, -0.25) is 4.79 Å². The first kappa shape index (κ1) is 20.5. The Bertz CT molecular complexity index is 645. The zero-order chi connectivity index (χ0) is 20.2. The number of hydrogen-bond acceptors (Lipinski definition) is 5. The van der Waals surface area contributed by atoms with E-state index < -0.39 is 35.6 Å². The van der Waals surface area contributed by atoms with Crippen LogP contribution in [0.25, 0.3) is 0 Å². The molecule has 3 fully saturated rings. The van der Waals surface area contributed by atoms with Crippen molar-refractivity contribution in [2.45, 2.75) is 72.0 Å². The van der Waals surface area contributed by atoms with Crippen molar-refractivity contribution in [3.05, 3.63) is 12.7 Å². The van der Waals surface area contributed by atoms with Gasteiger partial charge in [0.1, 0.15) is 18.5 Å². The van der Waals surface area contributed by atoms with Crippen LogP contribution in [0.3, 0.4) is 0 Å². The number of hydrogen-bond donors (Lipinski definition) is 2. The quantitative estimate of drug-likeness (QED) is 0.583. The molecule has 0 saturated heterocycles. The second-order valence-corrected chi connectivity index (χ2v) is 9.72. The van der Waals surface area contributed by atoms with Gasteiger partial charge in [0.15, 0.2) is 0 Å². The van der Waals surface area contributed by atoms with Crippen molar-refractivity contribution in [1.82, 2.24) is 0 Å². The van der Waals surface area contributed by atoms with Gasteiger partial charge in [-0.15, -0.1) is 6.58 Å². The van der Waals surface area contributed by atoms with E-state index in [4.69, 9.17) is 4.74 Å². The number of aliphatic hydroxyl groups is 2. The van der Waals surface area contributed by atoms with Gasteiger partial charge in [-0.1, -0.05) is 33.8 Å². The molecule has 0 spiro atoms. The van der Waals surface area contributed by atoms with Crippen LogP contribution in [-0.4, -0.2) is 40.8 Å². The van der Waals surface area contributed by atoms with Crippen LogP contribution in [0.2, 0.25) is 0 Å². The van der Waals surface area contributed by atoms with Gasteiger partial charge >= 0.3 is 5.97 Å². The van der Waals surface area contributed by atoms with Gasteiger partial charge < -0.3 is 14.9 Å². The van der Waals surface area contributed by atoms with Crippen molar-refractivity contribution in [1.29, 1.82) is 0 Å². The number of ketones is 1. The van der Waals surface area contributed by atoms with Crippen molar-refractivity contribution < 1.29 is 24.5 Å². The fourth-order valence-corrected chi connectivity index (χ4v) is 6.70. The average molecular weight is 379 g/mol. The van der Waals surface area contributed by atoms with Crippen molar-refractivity contribution in [2.75, 3.05) is 6.61 Å². The normalized spacial score (nSPS) is 49.7. The molecule has 2 N–H and O–H groups in total. The maximum Gasteiger partial charge on any atom is 0.332 e. The minimum Gasteiger partial charge on any atom is -0.460 e. The third kappa shape index (κ3) is 2.72. The minimum atomic E-state index is -0.686. The number of carbonyl (C=O) groups excluding carboxylic acids is 2. The Morgan fingerprint density at radius 2 is 2.00 bits per heavy atom. The smallest absolute Gasteiger partial charge is 0.332 e. The van der Waals surface area contributed by atoms with E-state index in [-0.39, 0.29) is 29.0 Å². The topological polar surface area (TPSA) is 83.8 Å². The number of Topliss-reactive ketones (excluding diaryl/α,β-unsaturated/α-hetero) is 1. The van der Waals surface area contributed by atoms with E-state index in [1.54, 1.807) is 6.08 Å². The molecule has 3 saturated carbocycles. The number of ether oxygens (including phenoxy) is 1. The molecule has 0 heterocycles. The summed E-state index contributed by atoms with van der Waals surface area (Å²) in [5, 5.41) is 20.6. The molecule has 0 aromatic carbocycles. The first-order valence-electron chi connectivity index (χ1n) is 10.2. The molecule has 3 aliphatic carbocycles. The summed E-state index contributed by atoms with van der Waals surface area (Å²) in [5.74, 6) is -0.520. The van der Waals surface area contributed by atoms with Crippen LogP contribution in [0.5, 0.6) is 0 Å². The lowest BCUT2D eigenvalue weighted by Crippen LogP contribution is -2.63. The predicted octanol–water partition coefficient (Wildman–Crippen LogP) is 2.89. The first-order valence-corrected chi connectivity index (χ1v) is 10.2. The zero-order valence-corrected chi connectivity index (χ0v) is 17.0. The molecule has 8 atom stereocenters. The summed E-state index contributed by atoms with van der Waals surface area (Å²) in [7, 11) is 0. The molecule has 3 rings (SSSR count). The fourth-order valence-electron chi connectivity index (χ4n) is 6.70. The van der Waals surface area contributed by atoms with E-state index in [1.807, 2.05) is 6.92 Å². The molecule has 0 radical (unpaired) electrons. The van der Waals surface area contributed by atoms with Crippen LogP contribution in [0.15, 0.2) is 12.7 Å².